The van der Waals surface area contributed by atoms with E-state index in [0.717, 1.165) is 76.6 Å². The van der Waals surface area contributed by atoms with Crippen LogP contribution < -0.4 is 0 Å². The average Bonchev–Trinajstić information content (AvgIpc) is 3.43. The standard InChI is InChI=1S/C39H58O7S/c1-26-11-14-30(15-12-26)47(40,41)44-25-27(2)32-17-18-33-31-16-13-28-23-29(45-36-9-5-7-21-42-36)24-35(46-37-10-6-8-22-43-37)39(28,4)34(31)19-20-38(32,33)3/h11-15,27,29,31-37H,5-10,16-25H2,1-4H3/t27-,29?,31+,32-,33+,34+,35?,36?,37?,38-,39+/m1/s1. The van der Waals surface area contributed by atoms with Gasteiger partial charge in [-0.3, -0.25) is 4.18 Å². The lowest BCUT2D eigenvalue weighted by Gasteiger charge is -2.60. The lowest BCUT2D eigenvalue weighted by Crippen LogP contribution is -2.57. The molecule has 262 valence electrons. The van der Waals surface area contributed by atoms with E-state index in [1.165, 1.54) is 31.3 Å². The molecule has 8 heteroatoms. The number of benzene rings is 1. The van der Waals surface area contributed by atoms with Crippen molar-refractivity contribution in [1.29, 1.82) is 0 Å². The Morgan fingerprint density at radius 1 is 0.894 bits per heavy atom. The van der Waals surface area contributed by atoms with Gasteiger partial charge in [0.1, 0.15) is 0 Å². The van der Waals surface area contributed by atoms with Crippen LogP contribution in [0.25, 0.3) is 0 Å². The summed E-state index contributed by atoms with van der Waals surface area (Å²) in [6.45, 7) is 11.0. The molecule has 4 aliphatic carbocycles. The SMILES string of the molecule is Cc1ccc(S(=O)(=O)OC[C@@H](C)[C@H]2CC[C@H]3[C@@H]4CC=C5CC(OC6CCCCO6)CC(OC6CCCCO6)[C@]5(C)[C@H]4CC[C@]23C)cc1. The highest BCUT2D eigenvalue weighted by Crippen LogP contribution is 2.67. The minimum absolute atomic E-state index is 0.0345. The normalized spacial score (nSPS) is 41.3. The molecule has 0 amide bonds. The zero-order chi connectivity index (χ0) is 32.8. The first-order chi connectivity index (χ1) is 22.6. The molecule has 2 saturated heterocycles. The second-order valence-electron chi connectivity index (χ2n) is 16.3. The number of ether oxygens (including phenoxy) is 4. The van der Waals surface area contributed by atoms with Gasteiger partial charge in [0, 0.05) is 25.0 Å². The van der Waals surface area contributed by atoms with E-state index in [1.807, 2.05) is 19.1 Å². The number of aryl methyl sites for hydroxylation is 1. The molecule has 5 fully saturated rings. The Bertz CT molecular complexity index is 1360. The van der Waals surface area contributed by atoms with E-state index in [4.69, 9.17) is 23.1 Å². The van der Waals surface area contributed by atoms with Crippen molar-refractivity contribution in [1.82, 2.24) is 0 Å². The average molecular weight is 671 g/mol. The predicted molar refractivity (Wildman–Crippen MR) is 181 cm³/mol. The van der Waals surface area contributed by atoms with Gasteiger partial charge in [-0.2, -0.15) is 8.42 Å². The minimum Gasteiger partial charge on any atom is -0.353 e. The zero-order valence-electron chi connectivity index (χ0n) is 29.2. The number of hydrogen-bond acceptors (Lipinski definition) is 7. The highest BCUT2D eigenvalue weighted by molar-refractivity contribution is 7.86. The fourth-order valence-electron chi connectivity index (χ4n) is 11.1. The predicted octanol–water partition coefficient (Wildman–Crippen LogP) is 8.35. The Labute approximate surface area is 283 Å². The molecule has 0 radical (unpaired) electrons. The van der Waals surface area contributed by atoms with E-state index in [2.05, 4.69) is 26.8 Å². The number of fused-ring (bicyclic) bond motifs is 5. The Kier molecular flexibility index (Phi) is 10.0. The maximum atomic E-state index is 13.0. The van der Waals surface area contributed by atoms with Crippen LogP contribution >= 0.6 is 0 Å². The number of hydrogen-bond donors (Lipinski definition) is 0. The molecule has 7 nitrogen and oxygen atoms in total. The molecule has 4 unspecified atom stereocenters. The van der Waals surface area contributed by atoms with Gasteiger partial charge in [0.25, 0.3) is 10.1 Å². The van der Waals surface area contributed by atoms with Crippen LogP contribution in [0.4, 0.5) is 0 Å². The molecule has 2 aliphatic heterocycles. The van der Waals surface area contributed by atoms with Crippen LogP contribution in [0.3, 0.4) is 0 Å². The maximum Gasteiger partial charge on any atom is 0.296 e. The minimum atomic E-state index is -3.77. The smallest absolute Gasteiger partial charge is 0.296 e. The molecular weight excluding hydrogens is 612 g/mol. The molecule has 1 aromatic rings. The second kappa shape index (κ2) is 13.8. The van der Waals surface area contributed by atoms with Crippen LogP contribution in [0.2, 0.25) is 0 Å². The van der Waals surface area contributed by atoms with Crippen LogP contribution in [0.5, 0.6) is 0 Å². The summed E-state index contributed by atoms with van der Waals surface area (Å²) in [5.41, 5.74) is 2.72. The van der Waals surface area contributed by atoms with E-state index in [0.29, 0.717) is 23.7 Å². The number of rotatable bonds is 9. The van der Waals surface area contributed by atoms with Crippen LogP contribution in [-0.4, -0.2) is 53.0 Å². The van der Waals surface area contributed by atoms with Gasteiger partial charge >= 0.3 is 0 Å². The Hall–Kier alpha value is -1.29. The first kappa shape index (κ1) is 34.2. The van der Waals surface area contributed by atoms with Crippen molar-refractivity contribution in [2.45, 2.75) is 141 Å². The zero-order valence-corrected chi connectivity index (χ0v) is 30.0. The lowest BCUT2D eigenvalue weighted by atomic mass is 9.46. The monoisotopic (exact) mass is 670 g/mol. The van der Waals surface area contributed by atoms with E-state index in [-0.39, 0.29) is 53.0 Å². The molecular formula is C39H58O7S. The molecule has 0 aromatic heterocycles. The summed E-state index contributed by atoms with van der Waals surface area (Å²) >= 11 is 0. The van der Waals surface area contributed by atoms with Gasteiger partial charge < -0.3 is 18.9 Å². The number of allylic oxidation sites excluding steroid dienone is 1. The van der Waals surface area contributed by atoms with Crippen molar-refractivity contribution >= 4 is 10.1 Å². The first-order valence-corrected chi connectivity index (χ1v) is 20.2. The topological polar surface area (TPSA) is 80.3 Å². The molecule has 11 atom stereocenters. The van der Waals surface area contributed by atoms with E-state index >= 15 is 0 Å². The molecule has 0 N–H and O–H groups in total. The van der Waals surface area contributed by atoms with Gasteiger partial charge in [0.15, 0.2) is 12.6 Å². The van der Waals surface area contributed by atoms with E-state index in [9.17, 15) is 8.42 Å². The van der Waals surface area contributed by atoms with Gasteiger partial charge in [0.2, 0.25) is 0 Å². The largest absolute Gasteiger partial charge is 0.353 e. The molecule has 0 bridgehead atoms. The molecule has 3 saturated carbocycles. The molecule has 0 spiro atoms. The van der Waals surface area contributed by atoms with Crippen LogP contribution in [0.15, 0.2) is 40.8 Å². The first-order valence-electron chi connectivity index (χ1n) is 18.8. The van der Waals surface area contributed by atoms with Gasteiger partial charge in [-0.05, 0) is 131 Å². The summed E-state index contributed by atoms with van der Waals surface area (Å²) in [7, 11) is -3.77. The second-order valence-corrected chi connectivity index (χ2v) is 17.9. The molecule has 2 heterocycles. The third kappa shape index (κ3) is 6.65. The van der Waals surface area contributed by atoms with Gasteiger partial charge in [0.05, 0.1) is 23.7 Å². The summed E-state index contributed by atoms with van der Waals surface area (Å²) in [5, 5.41) is 0. The summed E-state index contributed by atoms with van der Waals surface area (Å²) < 4.78 is 57.6. The molecule has 6 aliphatic rings. The quantitative estimate of drug-likeness (QED) is 0.193. The van der Waals surface area contributed by atoms with Crippen molar-refractivity contribution < 1.29 is 31.5 Å². The summed E-state index contributed by atoms with van der Waals surface area (Å²) in [5.74, 6) is 2.40. The fourth-order valence-corrected chi connectivity index (χ4v) is 12.1. The van der Waals surface area contributed by atoms with E-state index < -0.39 is 10.1 Å². The maximum absolute atomic E-state index is 13.0. The summed E-state index contributed by atoms with van der Waals surface area (Å²) in [6.07, 6.45) is 16.8. The molecule has 7 rings (SSSR count). The van der Waals surface area contributed by atoms with E-state index in [1.54, 1.807) is 12.1 Å². The highest BCUT2D eigenvalue weighted by atomic mass is 32.2. The van der Waals surface area contributed by atoms with Gasteiger partial charge in [-0.1, -0.05) is 50.1 Å². The Morgan fingerprint density at radius 2 is 1.60 bits per heavy atom. The van der Waals surface area contributed by atoms with Crippen molar-refractivity contribution in [3.05, 3.63) is 41.5 Å². The van der Waals surface area contributed by atoms with Crippen LogP contribution in [0, 0.1) is 47.3 Å². The Balaban J connectivity index is 1.08. The third-order valence-electron chi connectivity index (χ3n) is 13.6. The summed E-state index contributed by atoms with van der Waals surface area (Å²) in [6, 6.07) is 6.95. The van der Waals surface area contributed by atoms with Crippen LogP contribution in [0.1, 0.15) is 110 Å². The lowest BCUT2D eigenvalue weighted by molar-refractivity contribution is -0.248. The van der Waals surface area contributed by atoms with Gasteiger partial charge in [-0.25, -0.2) is 0 Å². The van der Waals surface area contributed by atoms with Crippen molar-refractivity contribution in [3.63, 3.8) is 0 Å². The van der Waals surface area contributed by atoms with Crippen molar-refractivity contribution in [3.8, 4) is 0 Å². The fraction of sp³-hybridized carbons (Fsp3) is 0.795. The third-order valence-corrected chi connectivity index (χ3v) is 14.9. The molecule has 47 heavy (non-hydrogen) atoms. The van der Waals surface area contributed by atoms with Crippen molar-refractivity contribution in [2.24, 2.45) is 40.4 Å². The summed E-state index contributed by atoms with van der Waals surface area (Å²) in [4.78, 5) is 0.242. The van der Waals surface area contributed by atoms with Crippen LogP contribution in [-0.2, 0) is 33.2 Å². The van der Waals surface area contributed by atoms with Gasteiger partial charge in [-0.15, -0.1) is 0 Å². The van der Waals surface area contributed by atoms with Crippen molar-refractivity contribution in [2.75, 3.05) is 19.8 Å². The Morgan fingerprint density at radius 3 is 2.28 bits per heavy atom. The molecule has 1 aromatic carbocycles. The highest BCUT2D eigenvalue weighted by Gasteiger charge is 2.62.